The van der Waals surface area contributed by atoms with Crippen LogP contribution < -0.4 is 15.6 Å². The lowest BCUT2D eigenvalue weighted by atomic mass is 9.49. The van der Waals surface area contributed by atoms with Gasteiger partial charge < -0.3 is 9.15 Å². The lowest BCUT2D eigenvalue weighted by Gasteiger charge is -2.56. The summed E-state index contributed by atoms with van der Waals surface area (Å²) >= 11 is 0. The molecule has 4 saturated carbocycles. The second kappa shape index (κ2) is 7.82. The van der Waals surface area contributed by atoms with Crippen LogP contribution in [-0.4, -0.2) is 11.8 Å². The first-order chi connectivity index (χ1) is 14.6. The van der Waals surface area contributed by atoms with Crippen molar-refractivity contribution in [3.05, 3.63) is 54.0 Å². The van der Waals surface area contributed by atoms with E-state index in [9.17, 15) is 9.59 Å². The zero-order valence-electron chi connectivity index (χ0n) is 17.1. The van der Waals surface area contributed by atoms with E-state index in [1.165, 1.54) is 38.5 Å². The summed E-state index contributed by atoms with van der Waals surface area (Å²) in [5, 5.41) is 0. The Hall–Kier alpha value is -2.76. The number of nitrogens with one attached hydrogen (secondary N) is 2. The number of amides is 2. The van der Waals surface area contributed by atoms with E-state index in [4.69, 9.17) is 9.15 Å². The highest BCUT2D eigenvalue weighted by molar-refractivity contribution is 5.93. The number of carbonyl (C=O) groups excluding carboxylic acids is 2. The largest absolute Gasteiger partial charge is 0.486 e. The van der Waals surface area contributed by atoms with E-state index in [0.29, 0.717) is 12.2 Å². The van der Waals surface area contributed by atoms with E-state index in [1.807, 2.05) is 30.3 Å². The average molecular weight is 408 g/mol. The van der Waals surface area contributed by atoms with Gasteiger partial charge in [-0.1, -0.05) is 18.2 Å². The molecule has 30 heavy (non-hydrogen) atoms. The van der Waals surface area contributed by atoms with Crippen molar-refractivity contribution >= 4 is 11.8 Å². The normalized spacial score (nSPS) is 28.9. The Balaban J connectivity index is 1.10. The molecule has 4 aliphatic carbocycles. The molecule has 1 heterocycles. The summed E-state index contributed by atoms with van der Waals surface area (Å²) in [6.45, 7) is 0.232. The third kappa shape index (κ3) is 4.09. The molecular weight excluding hydrogens is 380 g/mol. The molecule has 6 nitrogen and oxygen atoms in total. The molecule has 0 spiro atoms. The van der Waals surface area contributed by atoms with Crippen LogP contribution in [0.1, 0.15) is 61.3 Å². The fourth-order valence-electron chi connectivity index (χ4n) is 6.33. The minimum absolute atomic E-state index is 0.107. The summed E-state index contributed by atoms with van der Waals surface area (Å²) in [6.07, 6.45) is 8.08. The number of rotatable bonds is 6. The molecule has 0 saturated heterocycles. The number of hydrazine groups is 1. The van der Waals surface area contributed by atoms with Gasteiger partial charge in [0, 0.05) is 6.42 Å². The van der Waals surface area contributed by atoms with Gasteiger partial charge in [0.05, 0.1) is 0 Å². The van der Waals surface area contributed by atoms with Crippen LogP contribution in [0.4, 0.5) is 0 Å². The van der Waals surface area contributed by atoms with Gasteiger partial charge in [-0.05, 0) is 86.0 Å². The van der Waals surface area contributed by atoms with Crippen molar-refractivity contribution in [2.24, 2.45) is 23.2 Å². The van der Waals surface area contributed by atoms with Crippen molar-refractivity contribution in [1.29, 1.82) is 0 Å². The Morgan fingerprint density at radius 3 is 2.27 bits per heavy atom. The molecule has 4 aliphatic rings. The van der Waals surface area contributed by atoms with Crippen LogP contribution in [0, 0.1) is 23.2 Å². The molecule has 0 radical (unpaired) electrons. The lowest BCUT2D eigenvalue weighted by Crippen LogP contribution is -2.50. The van der Waals surface area contributed by atoms with Gasteiger partial charge in [0.1, 0.15) is 18.1 Å². The van der Waals surface area contributed by atoms with Gasteiger partial charge in [0.2, 0.25) is 5.91 Å². The van der Waals surface area contributed by atoms with Gasteiger partial charge in [-0.2, -0.15) is 0 Å². The Labute approximate surface area is 176 Å². The SMILES string of the molecule is O=C(CC12CC3CC(CC(C3)C1)C2)NNC(=O)c1ccc(COc2ccccc2)o1. The fourth-order valence-corrected chi connectivity index (χ4v) is 6.33. The molecule has 1 aromatic carbocycles. The van der Waals surface area contributed by atoms with E-state index in [2.05, 4.69) is 10.9 Å². The third-order valence-electron chi connectivity index (χ3n) is 7.03. The predicted octanol–water partition coefficient (Wildman–Crippen LogP) is 4.23. The molecule has 158 valence electrons. The predicted molar refractivity (Wildman–Crippen MR) is 110 cm³/mol. The van der Waals surface area contributed by atoms with Crippen LogP contribution in [0.3, 0.4) is 0 Å². The molecule has 4 bridgehead atoms. The first kappa shape index (κ1) is 19.2. The van der Waals surface area contributed by atoms with Gasteiger partial charge in [-0.25, -0.2) is 0 Å². The summed E-state index contributed by atoms with van der Waals surface area (Å²) in [4.78, 5) is 24.9. The van der Waals surface area contributed by atoms with Crippen molar-refractivity contribution in [3.8, 4) is 5.75 Å². The summed E-state index contributed by atoms with van der Waals surface area (Å²) < 4.78 is 11.2. The molecule has 2 aromatic rings. The molecule has 6 heteroatoms. The van der Waals surface area contributed by atoms with Crippen LogP contribution in [0.15, 0.2) is 46.9 Å². The first-order valence-corrected chi connectivity index (χ1v) is 10.9. The number of carbonyl (C=O) groups is 2. The van der Waals surface area contributed by atoms with E-state index >= 15 is 0 Å². The highest BCUT2D eigenvalue weighted by Gasteiger charge is 2.51. The number of ether oxygens (including phenoxy) is 1. The molecular formula is C24H28N2O4. The number of hydrogen-bond donors (Lipinski definition) is 2. The number of benzene rings is 1. The van der Waals surface area contributed by atoms with Crippen molar-refractivity contribution in [2.45, 2.75) is 51.6 Å². The van der Waals surface area contributed by atoms with Gasteiger partial charge >= 0.3 is 5.91 Å². The quantitative estimate of drug-likeness (QED) is 0.701. The highest BCUT2D eigenvalue weighted by Crippen LogP contribution is 2.61. The molecule has 4 fully saturated rings. The Morgan fingerprint density at radius 2 is 1.60 bits per heavy atom. The van der Waals surface area contributed by atoms with E-state index in [0.717, 1.165) is 23.5 Å². The number of para-hydroxylation sites is 1. The fraction of sp³-hybridized carbons (Fsp3) is 0.500. The maximum absolute atomic E-state index is 12.6. The van der Waals surface area contributed by atoms with Crippen LogP contribution in [-0.2, 0) is 11.4 Å². The summed E-state index contributed by atoms with van der Waals surface area (Å²) in [5.41, 5.74) is 5.24. The third-order valence-corrected chi connectivity index (χ3v) is 7.03. The monoisotopic (exact) mass is 408 g/mol. The molecule has 0 aliphatic heterocycles. The summed E-state index contributed by atoms with van der Waals surface area (Å²) in [6, 6.07) is 12.7. The minimum Gasteiger partial charge on any atom is -0.486 e. The number of furan rings is 1. The maximum atomic E-state index is 12.6. The maximum Gasteiger partial charge on any atom is 0.305 e. The Bertz CT molecular complexity index is 885. The van der Waals surface area contributed by atoms with Crippen molar-refractivity contribution in [1.82, 2.24) is 10.9 Å². The topological polar surface area (TPSA) is 80.6 Å². The molecule has 2 amide bonds. The first-order valence-electron chi connectivity index (χ1n) is 10.9. The average Bonchev–Trinajstić information content (AvgIpc) is 3.19. The lowest BCUT2D eigenvalue weighted by molar-refractivity contribution is -0.130. The van der Waals surface area contributed by atoms with Crippen LogP contribution in [0.5, 0.6) is 5.75 Å². The zero-order chi connectivity index (χ0) is 20.6. The molecule has 0 unspecified atom stereocenters. The second-order valence-corrected chi connectivity index (χ2v) is 9.46. The van der Waals surface area contributed by atoms with E-state index in [-0.39, 0.29) is 23.7 Å². The van der Waals surface area contributed by atoms with Crippen LogP contribution >= 0.6 is 0 Å². The van der Waals surface area contributed by atoms with Crippen molar-refractivity contribution in [3.63, 3.8) is 0 Å². The van der Waals surface area contributed by atoms with Crippen LogP contribution in [0.2, 0.25) is 0 Å². The van der Waals surface area contributed by atoms with Gasteiger partial charge in [0.25, 0.3) is 0 Å². The standard InChI is InChI=1S/C24H28N2O4/c27-22(14-24-11-16-8-17(12-24)10-18(9-16)13-24)25-26-23(28)21-7-6-20(30-21)15-29-19-4-2-1-3-5-19/h1-7,16-18H,8-15H2,(H,25,27)(H,26,28). The molecule has 6 rings (SSSR count). The smallest absolute Gasteiger partial charge is 0.305 e. The van der Waals surface area contributed by atoms with Crippen molar-refractivity contribution < 1.29 is 18.7 Å². The zero-order valence-corrected chi connectivity index (χ0v) is 17.1. The second-order valence-electron chi connectivity index (χ2n) is 9.46. The van der Waals surface area contributed by atoms with E-state index < -0.39 is 5.91 Å². The summed E-state index contributed by atoms with van der Waals surface area (Å²) in [5.74, 6) is 3.27. The van der Waals surface area contributed by atoms with Crippen LogP contribution in [0.25, 0.3) is 0 Å². The van der Waals surface area contributed by atoms with Gasteiger partial charge in [-0.15, -0.1) is 0 Å². The molecule has 2 N–H and O–H groups in total. The molecule has 0 atom stereocenters. The van der Waals surface area contributed by atoms with Gasteiger partial charge in [-0.3, -0.25) is 20.4 Å². The summed E-state index contributed by atoms with van der Waals surface area (Å²) in [7, 11) is 0. The van der Waals surface area contributed by atoms with E-state index in [1.54, 1.807) is 12.1 Å². The van der Waals surface area contributed by atoms with Crippen molar-refractivity contribution in [2.75, 3.05) is 0 Å². The minimum atomic E-state index is -0.458. The highest BCUT2D eigenvalue weighted by atomic mass is 16.5. The Morgan fingerprint density at radius 1 is 0.933 bits per heavy atom. The van der Waals surface area contributed by atoms with Gasteiger partial charge in [0.15, 0.2) is 5.76 Å². The number of hydrogen-bond acceptors (Lipinski definition) is 4. The molecule has 1 aromatic heterocycles. The Kier molecular flexibility index (Phi) is 5.01.